The molecule has 0 unspecified atom stereocenters. The Morgan fingerprint density at radius 2 is 1.82 bits per heavy atom. The first-order valence-corrected chi connectivity index (χ1v) is 9.98. The number of hydrogen-bond donors (Lipinski definition) is 1. The van der Waals surface area contributed by atoms with Gasteiger partial charge in [-0.25, -0.2) is 9.37 Å². The van der Waals surface area contributed by atoms with Crippen molar-refractivity contribution in [3.8, 4) is 0 Å². The van der Waals surface area contributed by atoms with E-state index in [1.165, 1.54) is 23.9 Å². The third kappa shape index (κ3) is 5.57. The summed E-state index contributed by atoms with van der Waals surface area (Å²) < 4.78 is 13.0. The van der Waals surface area contributed by atoms with Crippen LogP contribution in [-0.2, 0) is 5.75 Å². The van der Waals surface area contributed by atoms with Gasteiger partial charge in [0.15, 0.2) is 0 Å². The smallest absolute Gasteiger partial charge is 0.254 e. The number of benzene rings is 2. The molecule has 0 fully saturated rings. The van der Waals surface area contributed by atoms with E-state index in [1.807, 2.05) is 37.4 Å². The molecule has 1 aromatic heterocycles. The lowest BCUT2D eigenvalue weighted by Gasteiger charge is -2.19. The van der Waals surface area contributed by atoms with Crippen LogP contribution in [0.2, 0.25) is 0 Å². The molecule has 4 nitrogen and oxygen atoms in total. The summed E-state index contributed by atoms with van der Waals surface area (Å²) >= 11 is 1.47. The fourth-order valence-electron chi connectivity index (χ4n) is 2.65. The number of amides is 1. The highest BCUT2D eigenvalue weighted by atomic mass is 32.2. The third-order valence-corrected chi connectivity index (χ3v) is 5.31. The van der Waals surface area contributed by atoms with Gasteiger partial charge in [0, 0.05) is 37.8 Å². The highest BCUT2D eigenvalue weighted by Gasteiger charge is 2.13. The lowest BCUT2D eigenvalue weighted by atomic mass is 10.2. The van der Waals surface area contributed by atoms with Crippen molar-refractivity contribution in [2.45, 2.75) is 10.8 Å². The Bertz CT molecular complexity index is 903. The van der Waals surface area contributed by atoms with Crippen molar-refractivity contribution in [3.05, 3.63) is 89.9 Å². The van der Waals surface area contributed by atoms with Crippen molar-refractivity contribution in [1.29, 1.82) is 0 Å². The van der Waals surface area contributed by atoms with Gasteiger partial charge in [-0.1, -0.05) is 30.3 Å². The molecular formula is C22H22FN3OS. The fraction of sp³-hybridized carbons (Fsp3) is 0.182. The molecule has 3 rings (SSSR count). The molecule has 0 aliphatic rings. The number of nitrogens with zero attached hydrogens (tertiary/aromatic N) is 2. The molecule has 28 heavy (non-hydrogen) atoms. The molecule has 0 radical (unpaired) electrons. The first-order valence-electron chi connectivity index (χ1n) is 9.00. The molecule has 6 heteroatoms. The van der Waals surface area contributed by atoms with Crippen molar-refractivity contribution in [2.24, 2.45) is 0 Å². The molecule has 0 bridgehead atoms. The zero-order chi connectivity index (χ0) is 19.8. The maximum Gasteiger partial charge on any atom is 0.254 e. The van der Waals surface area contributed by atoms with Crippen molar-refractivity contribution >= 4 is 23.4 Å². The van der Waals surface area contributed by atoms with Gasteiger partial charge in [-0.05, 0) is 42.0 Å². The van der Waals surface area contributed by atoms with Crippen molar-refractivity contribution < 1.29 is 9.18 Å². The molecule has 0 saturated heterocycles. The SMILES string of the molecule is CN(CCNC(=O)c1cccnc1SCc1ccc(F)cc1)c1ccccc1. The molecule has 0 saturated carbocycles. The number of carbonyl (C=O) groups excluding carboxylic acids is 1. The van der Waals surface area contributed by atoms with Crippen LogP contribution in [0.5, 0.6) is 0 Å². The number of rotatable bonds is 8. The van der Waals surface area contributed by atoms with E-state index in [0.717, 1.165) is 11.3 Å². The van der Waals surface area contributed by atoms with Crippen LogP contribution in [0.1, 0.15) is 15.9 Å². The largest absolute Gasteiger partial charge is 0.373 e. The Hall–Kier alpha value is -2.86. The van der Waals surface area contributed by atoms with Crippen LogP contribution in [0.3, 0.4) is 0 Å². The van der Waals surface area contributed by atoms with Crippen molar-refractivity contribution in [2.75, 3.05) is 25.0 Å². The average Bonchev–Trinajstić information content (AvgIpc) is 2.74. The Kier molecular flexibility index (Phi) is 7.03. The number of nitrogens with one attached hydrogen (secondary N) is 1. The summed E-state index contributed by atoms with van der Waals surface area (Å²) in [6.45, 7) is 1.23. The highest BCUT2D eigenvalue weighted by molar-refractivity contribution is 7.98. The summed E-state index contributed by atoms with van der Waals surface area (Å²) in [6.07, 6.45) is 1.67. The maximum atomic E-state index is 13.0. The van der Waals surface area contributed by atoms with E-state index in [9.17, 15) is 9.18 Å². The van der Waals surface area contributed by atoms with Gasteiger partial charge in [0.2, 0.25) is 0 Å². The minimum Gasteiger partial charge on any atom is -0.373 e. The second kappa shape index (κ2) is 9.90. The van der Waals surface area contributed by atoms with Crippen molar-refractivity contribution in [1.82, 2.24) is 10.3 Å². The van der Waals surface area contributed by atoms with Gasteiger partial charge in [-0.2, -0.15) is 0 Å². The number of pyridine rings is 1. The van der Waals surface area contributed by atoms with E-state index >= 15 is 0 Å². The molecule has 2 aromatic carbocycles. The predicted octanol–water partition coefficient (Wildman–Crippen LogP) is 4.38. The Morgan fingerprint density at radius 1 is 1.07 bits per heavy atom. The topological polar surface area (TPSA) is 45.2 Å². The van der Waals surface area contributed by atoms with Gasteiger partial charge < -0.3 is 10.2 Å². The Balaban J connectivity index is 1.55. The minimum atomic E-state index is -0.257. The second-order valence-corrected chi connectivity index (χ2v) is 7.25. The van der Waals surface area contributed by atoms with Gasteiger partial charge in [-0.3, -0.25) is 4.79 Å². The molecule has 0 spiro atoms. The van der Waals surface area contributed by atoms with Gasteiger partial charge in [-0.15, -0.1) is 11.8 Å². The highest BCUT2D eigenvalue weighted by Crippen LogP contribution is 2.24. The molecular weight excluding hydrogens is 373 g/mol. The van der Waals surface area contributed by atoms with E-state index in [1.54, 1.807) is 30.5 Å². The van der Waals surface area contributed by atoms with E-state index in [2.05, 4.69) is 15.2 Å². The predicted molar refractivity (Wildman–Crippen MR) is 112 cm³/mol. The van der Waals surface area contributed by atoms with E-state index in [0.29, 0.717) is 29.4 Å². The molecule has 0 aliphatic carbocycles. The number of carbonyl (C=O) groups is 1. The normalized spacial score (nSPS) is 10.5. The van der Waals surface area contributed by atoms with E-state index < -0.39 is 0 Å². The number of aromatic nitrogens is 1. The summed E-state index contributed by atoms with van der Waals surface area (Å²) in [5, 5.41) is 3.63. The summed E-state index contributed by atoms with van der Waals surface area (Å²) in [6, 6.07) is 19.9. The van der Waals surface area contributed by atoms with Crippen LogP contribution in [0.25, 0.3) is 0 Å². The van der Waals surface area contributed by atoms with Gasteiger partial charge in [0.1, 0.15) is 10.8 Å². The monoisotopic (exact) mass is 395 g/mol. The Labute approximate surface area is 168 Å². The standard InChI is InChI=1S/C22H22FN3OS/c1-26(19-6-3-2-4-7-19)15-14-24-21(27)20-8-5-13-25-22(20)28-16-17-9-11-18(23)12-10-17/h2-13H,14-16H2,1H3,(H,24,27). The van der Waals surface area contributed by atoms with Crippen LogP contribution in [-0.4, -0.2) is 31.0 Å². The number of hydrogen-bond acceptors (Lipinski definition) is 4. The summed E-state index contributed by atoms with van der Waals surface area (Å²) in [5.41, 5.74) is 2.64. The van der Waals surface area contributed by atoms with Crippen LogP contribution >= 0.6 is 11.8 Å². The Morgan fingerprint density at radius 3 is 2.57 bits per heavy atom. The van der Waals surface area contributed by atoms with Gasteiger partial charge in [0.05, 0.1) is 5.56 Å². The molecule has 0 atom stereocenters. The van der Waals surface area contributed by atoms with Crippen LogP contribution in [0.15, 0.2) is 78.0 Å². The van der Waals surface area contributed by atoms with Crippen molar-refractivity contribution in [3.63, 3.8) is 0 Å². The van der Waals surface area contributed by atoms with Gasteiger partial charge >= 0.3 is 0 Å². The van der Waals surface area contributed by atoms with Gasteiger partial charge in [0.25, 0.3) is 5.91 Å². The molecule has 1 amide bonds. The number of para-hydroxylation sites is 1. The zero-order valence-electron chi connectivity index (χ0n) is 15.6. The molecule has 1 N–H and O–H groups in total. The van der Waals surface area contributed by atoms with Crippen LogP contribution in [0.4, 0.5) is 10.1 Å². The van der Waals surface area contributed by atoms with E-state index in [-0.39, 0.29) is 11.7 Å². The third-order valence-electron chi connectivity index (χ3n) is 4.23. The summed E-state index contributed by atoms with van der Waals surface area (Å²) in [7, 11) is 2.00. The molecule has 3 aromatic rings. The number of likely N-dealkylation sites (N-methyl/N-ethyl adjacent to an activating group) is 1. The second-order valence-electron chi connectivity index (χ2n) is 6.28. The molecule has 144 valence electrons. The van der Waals surface area contributed by atoms with Crippen LogP contribution < -0.4 is 10.2 Å². The summed E-state index contributed by atoms with van der Waals surface area (Å²) in [4.78, 5) is 19.0. The number of thioether (sulfide) groups is 1. The lowest BCUT2D eigenvalue weighted by molar-refractivity contribution is 0.0951. The maximum absolute atomic E-state index is 13.0. The quantitative estimate of drug-likeness (QED) is 0.575. The fourth-order valence-corrected chi connectivity index (χ4v) is 3.60. The lowest BCUT2D eigenvalue weighted by Crippen LogP contribution is -2.33. The molecule has 1 heterocycles. The van der Waals surface area contributed by atoms with Crippen LogP contribution in [0, 0.1) is 5.82 Å². The first-order chi connectivity index (χ1) is 13.6. The average molecular weight is 396 g/mol. The zero-order valence-corrected chi connectivity index (χ0v) is 16.5. The minimum absolute atomic E-state index is 0.142. The first kappa shape index (κ1) is 19.9. The van der Waals surface area contributed by atoms with E-state index in [4.69, 9.17) is 0 Å². The molecule has 0 aliphatic heterocycles. The summed E-state index contributed by atoms with van der Waals surface area (Å²) in [5.74, 6) is 0.220. The number of halogens is 1. The number of anilines is 1.